The van der Waals surface area contributed by atoms with E-state index < -0.39 is 45.9 Å². The van der Waals surface area contributed by atoms with E-state index >= 15 is 0 Å². The highest BCUT2D eigenvalue weighted by atomic mass is 19.2. The minimum absolute atomic E-state index is 0.0324. The zero-order valence-electron chi connectivity index (χ0n) is 20.2. The number of halogens is 3. The number of ether oxygens (including phenoxy) is 1. The van der Waals surface area contributed by atoms with E-state index in [0.717, 1.165) is 25.7 Å². The van der Waals surface area contributed by atoms with Gasteiger partial charge in [-0.1, -0.05) is 11.2 Å². The molecule has 1 fully saturated rings. The van der Waals surface area contributed by atoms with Gasteiger partial charge in [0.25, 0.3) is 5.70 Å². The summed E-state index contributed by atoms with van der Waals surface area (Å²) in [6.07, 6.45) is 7.05. The molecule has 0 spiro atoms. The van der Waals surface area contributed by atoms with Crippen molar-refractivity contribution in [2.75, 3.05) is 12.4 Å². The van der Waals surface area contributed by atoms with E-state index in [0.29, 0.717) is 18.6 Å². The summed E-state index contributed by atoms with van der Waals surface area (Å²) >= 11 is 0. The lowest BCUT2D eigenvalue weighted by molar-refractivity contribution is -0.430. The second-order valence-electron chi connectivity index (χ2n) is 9.14. The Morgan fingerprint density at radius 2 is 1.84 bits per heavy atom. The Hall–Kier alpha value is -4.23. The molecule has 2 N–H and O–H groups in total. The number of hydrogen-bond acceptors (Lipinski definition) is 9. The zero-order valence-corrected chi connectivity index (χ0v) is 20.2. The Morgan fingerprint density at radius 3 is 2.53 bits per heavy atom. The van der Waals surface area contributed by atoms with Crippen LogP contribution in [0.4, 0.5) is 24.9 Å². The van der Waals surface area contributed by atoms with Gasteiger partial charge in [-0.2, -0.15) is 0 Å². The smallest absolute Gasteiger partial charge is 0.320 e. The Balaban J connectivity index is 1.38. The molecule has 0 bridgehead atoms. The molecule has 0 radical (unpaired) electrons. The third-order valence-corrected chi connectivity index (χ3v) is 6.77. The van der Waals surface area contributed by atoms with Gasteiger partial charge >= 0.3 is 23.8 Å². The number of carbonyl (C=O) groups is 2. The Bertz CT molecular complexity index is 1300. The number of methoxy groups -OCH3 is 1. The molecule has 0 aliphatic heterocycles. The minimum atomic E-state index is -1.39. The van der Waals surface area contributed by atoms with Gasteiger partial charge in [-0.3, -0.25) is 19.7 Å². The molecule has 11 nitrogen and oxygen atoms in total. The molecule has 1 saturated carbocycles. The van der Waals surface area contributed by atoms with Crippen LogP contribution in [0.3, 0.4) is 0 Å². The number of nitro groups is 1. The highest BCUT2D eigenvalue weighted by molar-refractivity contribution is 5.91. The van der Waals surface area contributed by atoms with E-state index in [-0.39, 0.29) is 41.5 Å². The average Bonchev–Trinajstić information content (AvgIpc) is 3.36. The van der Waals surface area contributed by atoms with Gasteiger partial charge in [0.05, 0.1) is 17.7 Å². The van der Waals surface area contributed by atoms with Gasteiger partial charge < -0.3 is 19.8 Å². The maximum Gasteiger partial charge on any atom is 0.320 e. The number of amides is 1. The lowest BCUT2D eigenvalue weighted by Crippen LogP contribution is -2.29. The van der Waals surface area contributed by atoms with Crippen LogP contribution in [-0.2, 0) is 9.53 Å². The maximum absolute atomic E-state index is 13.8. The molecule has 1 aromatic heterocycles. The number of anilines is 2. The number of aromatic nitrogens is 2. The number of nitrogens with zero attached hydrogens (tertiary/aromatic N) is 3. The minimum Gasteiger partial charge on any atom is -0.469 e. The third kappa shape index (κ3) is 6.18. The van der Waals surface area contributed by atoms with Crippen molar-refractivity contribution >= 4 is 23.6 Å². The molecule has 0 saturated heterocycles. The van der Waals surface area contributed by atoms with Gasteiger partial charge in [-0.25, -0.2) is 13.2 Å². The van der Waals surface area contributed by atoms with E-state index in [4.69, 9.17) is 9.15 Å². The molecule has 202 valence electrons. The quantitative estimate of drug-likeness (QED) is 0.217. The van der Waals surface area contributed by atoms with E-state index in [1.807, 2.05) is 6.08 Å². The maximum atomic E-state index is 13.8. The molecular formula is C24H24F3N5O6. The predicted molar refractivity (Wildman–Crippen MR) is 125 cm³/mol. The first-order valence-electron chi connectivity index (χ1n) is 11.8. The van der Waals surface area contributed by atoms with Gasteiger partial charge in [-0.05, 0) is 49.5 Å². The number of nitrogens with one attached hydrogen (secondary N) is 2. The van der Waals surface area contributed by atoms with Crippen molar-refractivity contribution in [2.45, 2.75) is 38.5 Å². The van der Waals surface area contributed by atoms with Crippen molar-refractivity contribution in [3.8, 4) is 0 Å². The van der Waals surface area contributed by atoms with E-state index in [9.17, 15) is 32.9 Å². The van der Waals surface area contributed by atoms with Crippen LogP contribution in [0, 0.1) is 45.3 Å². The van der Waals surface area contributed by atoms with Crippen molar-refractivity contribution in [3.63, 3.8) is 0 Å². The molecule has 1 aromatic carbocycles. The summed E-state index contributed by atoms with van der Waals surface area (Å²) in [4.78, 5) is 35.3. The number of rotatable bonds is 8. The third-order valence-electron chi connectivity index (χ3n) is 6.77. The molecule has 1 heterocycles. The van der Waals surface area contributed by atoms with Crippen molar-refractivity contribution in [2.24, 2.45) is 17.8 Å². The summed E-state index contributed by atoms with van der Waals surface area (Å²) in [6, 6.07) is 0.382. The molecule has 1 unspecified atom stereocenters. The fourth-order valence-corrected chi connectivity index (χ4v) is 4.74. The summed E-state index contributed by atoms with van der Waals surface area (Å²) in [5.41, 5.74) is -0.710. The highest BCUT2D eigenvalue weighted by Crippen LogP contribution is 2.39. The van der Waals surface area contributed by atoms with Crippen LogP contribution in [0.1, 0.15) is 49.2 Å². The Kier molecular flexibility index (Phi) is 8.08. The summed E-state index contributed by atoms with van der Waals surface area (Å²) in [5, 5.41) is 23.4. The number of esters is 1. The molecule has 2 aliphatic carbocycles. The van der Waals surface area contributed by atoms with Crippen LogP contribution in [0.2, 0.25) is 0 Å². The fraction of sp³-hybridized carbons (Fsp3) is 0.417. The van der Waals surface area contributed by atoms with Crippen molar-refractivity contribution < 1.29 is 36.8 Å². The Morgan fingerprint density at radius 1 is 1.13 bits per heavy atom. The topological polar surface area (TPSA) is 149 Å². The average molecular weight is 535 g/mol. The van der Waals surface area contributed by atoms with Gasteiger partial charge in [0, 0.05) is 25.0 Å². The monoisotopic (exact) mass is 535 g/mol. The summed E-state index contributed by atoms with van der Waals surface area (Å²) in [6.45, 7) is 0. The summed E-state index contributed by atoms with van der Waals surface area (Å²) in [7, 11) is 1.36. The largest absolute Gasteiger partial charge is 0.469 e. The molecule has 2 aliphatic rings. The van der Waals surface area contributed by atoms with Crippen LogP contribution < -0.4 is 10.6 Å². The highest BCUT2D eigenvalue weighted by Gasteiger charge is 2.34. The van der Waals surface area contributed by atoms with Crippen LogP contribution in [0.25, 0.3) is 0 Å². The Labute approximate surface area is 214 Å². The van der Waals surface area contributed by atoms with Crippen molar-refractivity contribution in [1.29, 1.82) is 0 Å². The second-order valence-corrected chi connectivity index (χ2v) is 9.14. The molecule has 4 rings (SSSR count). The molecule has 38 heavy (non-hydrogen) atoms. The number of allylic oxidation sites excluding steroid dienone is 3. The number of benzene rings is 1. The zero-order chi connectivity index (χ0) is 27.4. The van der Waals surface area contributed by atoms with Crippen LogP contribution in [-0.4, -0.2) is 34.1 Å². The first-order valence-corrected chi connectivity index (χ1v) is 11.8. The standard InChI is InChI=1S/C24H24F3N5O6/c1-37-21(33)8-12-2-4-13(5-3-12)14-6-7-18(20(9-14)32(35)36)28-22(34)23-30-31-24(38-23)29-19-11-16(26)15(25)10-17(19)27/h6-7,10-14H,2-5,8-9H2,1H3,(H,28,34)(H,29,31). The van der Waals surface area contributed by atoms with E-state index in [2.05, 4.69) is 20.8 Å². The van der Waals surface area contributed by atoms with Gasteiger partial charge in [-0.15, -0.1) is 5.10 Å². The van der Waals surface area contributed by atoms with Crippen molar-refractivity contribution in [3.05, 3.63) is 69.1 Å². The SMILES string of the molecule is COC(=O)CC1CCC(C2C=CC(NC(=O)c3nnc(Nc4cc(F)c(F)cc4F)o3)=C([N+](=O)[O-])C2)CC1. The fourth-order valence-electron chi connectivity index (χ4n) is 4.74. The normalized spacial score (nSPS) is 21.2. The lowest BCUT2D eigenvalue weighted by atomic mass is 9.72. The lowest BCUT2D eigenvalue weighted by Gasteiger charge is -2.33. The first-order chi connectivity index (χ1) is 18.1. The summed E-state index contributed by atoms with van der Waals surface area (Å²) in [5.74, 6) is -5.28. The van der Waals surface area contributed by atoms with Crippen LogP contribution in [0.15, 0.2) is 40.1 Å². The van der Waals surface area contributed by atoms with E-state index in [1.54, 1.807) is 0 Å². The van der Waals surface area contributed by atoms with Crippen LogP contribution in [0.5, 0.6) is 0 Å². The molecule has 14 heteroatoms. The number of carbonyl (C=O) groups excluding carboxylic acids is 2. The second kappa shape index (κ2) is 11.4. The summed E-state index contributed by atoms with van der Waals surface area (Å²) < 4.78 is 50.1. The van der Waals surface area contributed by atoms with E-state index in [1.165, 1.54) is 13.2 Å². The molecular weight excluding hydrogens is 511 g/mol. The molecule has 2 aromatic rings. The van der Waals surface area contributed by atoms with Gasteiger partial charge in [0.15, 0.2) is 11.6 Å². The predicted octanol–water partition coefficient (Wildman–Crippen LogP) is 4.39. The first kappa shape index (κ1) is 26.8. The molecule has 1 atom stereocenters. The van der Waals surface area contributed by atoms with Gasteiger partial charge in [0.1, 0.15) is 11.5 Å². The molecule has 1 amide bonds. The van der Waals surface area contributed by atoms with Gasteiger partial charge in [0.2, 0.25) is 0 Å². The number of hydrogen-bond donors (Lipinski definition) is 2. The van der Waals surface area contributed by atoms with Crippen molar-refractivity contribution in [1.82, 2.24) is 15.5 Å². The van der Waals surface area contributed by atoms with Crippen LogP contribution >= 0.6 is 0 Å².